The molecule has 0 atom stereocenters. The van der Waals surface area contributed by atoms with Crippen molar-refractivity contribution in [3.63, 3.8) is 0 Å². The monoisotopic (exact) mass is 1150 g/mol. The van der Waals surface area contributed by atoms with Gasteiger partial charge < -0.3 is 51.7 Å². The molecule has 31 nitrogen and oxygen atoms in total. The third-order valence-electron chi connectivity index (χ3n) is 9.73. The van der Waals surface area contributed by atoms with Gasteiger partial charge in [-0.25, -0.2) is 8.42 Å². The number of sulfone groups is 1. The molecule has 0 bridgehead atoms. The molecular weight excluding hydrogens is 1110 g/mol. The van der Waals surface area contributed by atoms with Gasteiger partial charge in [0, 0.05) is 43.8 Å². The zero-order valence-electron chi connectivity index (χ0n) is 37.5. The quantitative estimate of drug-likeness (QED) is 0.0264. The number of nitrogens with zero attached hydrogens (tertiary/aromatic N) is 12. The van der Waals surface area contributed by atoms with Crippen LogP contribution in [0, 0.1) is 0 Å². The van der Waals surface area contributed by atoms with Gasteiger partial charge in [0.2, 0.25) is 34.4 Å². The van der Waals surface area contributed by atoms with Crippen molar-refractivity contribution in [1.29, 1.82) is 0 Å². The normalized spacial score (nSPS) is 12.5. The Morgan fingerprint density at radius 2 is 0.946 bits per heavy atom. The summed E-state index contributed by atoms with van der Waals surface area (Å²) in [6, 6.07) is 7.15. The number of aliphatic hydroxyl groups is 4. The van der Waals surface area contributed by atoms with Crippen LogP contribution in [0.2, 0.25) is 10.6 Å². The molecule has 2 heterocycles. The third-order valence-corrected chi connectivity index (χ3v) is 13.8. The molecule has 0 aliphatic carbocycles. The molecule has 4 aromatic carbocycles. The molecule has 396 valence electrons. The Balaban J connectivity index is 1.49. The number of nitrogens with one attached hydrogen (secondary N) is 2. The molecule has 0 fully saturated rings. The van der Waals surface area contributed by atoms with E-state index in [1.807, 2.05) is 0 Å². The molecule has 0 saturated heterocycles. The second kappa shape index (κ2) is 22.8. The average molecular weight is 1150 g/mol. The summed E-state index contributed by atoms with van der Waals surface area (Å²) >= 11 is 12.2. The van der Waals surface area contributed by atoms with Crippen molar-refractivity contribution >= 4 is 138 Å². The number of nitrogen functional groups attached to an aromatic ring is 1. The van der Waals surface area contributed by atoms with E-state index in [-0.39, 0.29) is 98.3 Å². The number of rotatable bonds is 22. The van der Waals surface area contributed by atoms with E-state index in [9.17, 15) is 72.9 Å². The molecule has 0 radical (unpaired) electrons. The second-order valence-electron chi connectivity index (χ2n) is 14.8. The highest BCUT2D eigenvalue weighted by molar-refractivity contribution is 7.91. The summed E-state index contributed by atoms with van der Waals surface area (Å²) in [5, 5.41) is 68.3. The van der Waals surface area contributed by atoms with Crippen molar-refractivity contribution in [2.75, 3.05) is 85.0 Å². The summed E-state index contributed by atoms with van der Waals surface area (Å²) in [4.78, 5) is 23.0. The molecule has 0 unspecified atom stereocenters. The molecule has 6 rings (SSSR count). The maximum atomic E-state index is 13.3. The van der Waals surface area contributed by atoms with Crippen molar-refractivity contribution in [3.8, 4) is 5.75 Å². The number of benzene rings is 4. The molecule has 12 N–H and O–H groups in total. The van der Waals surface area contributed by atoms with Crippen LogP contribution in [-0.4, -0.2) is 162 Å². The van der Waals surface area contributed by atoms with Crippen LogP contribution in [-0.2, 0) is 40.2 Å². The maximum Gasteiger partial charge on any atom is 0.296 e. The van der Waals surface area contributed by atoms with E-state index < -0.39 is 105 Å². The Bertz CT molecular complexity index is 3430. The molecule has 0 amide bonds. The predicted molar refractivity (Wildman–Crippen MR) is 263 cm³/mol. The lowest BCUT2D eigenvalue weighted by Gasteiger charge is -2.20. The van der Waals surface area contributed by atoms with Gasteiger partial charge in [-0.3, -0.25) is 13.7 Å². The highest BCUT2D eigenvalue weighted by Crippen LogP contribution is 2.49. The Kier molecular flexibility index (Phi) is 17.4. The minimum absolute atomic E-state index is 0.0271. The molecule has 0 aliphatic rings. The van der Waals surface area contributed by atoms with Crippen LogP contribution in [0.3, 0.4) is 0 Å². The minimum Gasteiger partial charge on any atom is -0.505 e. The summed E-state index contributed by atoms with van der Waals surface area (Å²) in [5.74, 6) is -1.98. The Labute approximate surface area is 428 Å². The number of hydrogen-bond donors (Lipinski definition) is 11. The number of anilines is 7. The molecule has 37 heteroatoms. The van der Waals surface area contributed by atoms with Gasteiger partial charge in [0.05, 0.1) is 42.4 Å². The Hall–Kier alpha value is -6.74. The summed E-state index contributed by atoms with van der Waals surface area (Å²) in [6.45, 7) is -1.60. The van der Waals surface area contributed by atoms with Crippen LogP contribution < -0.4 is 26.2 Å². The first kappa shape index (κ1) is 56.6. The maximum absolute atomic E-state index is 13.3. The zero-order chi connectivity index (χ0) is 54.5. The number of aliphatic hydroxyl groups excluding tert-OH is 4. The van der Waals surface area contributed by atoms with Gasteiger partial charge >= 0.3 is 0 Å². The Morgan fingerprint density at radius 1 is 0.554 bits per heavy atom. The lowest BCUT2D eigenvalue weighted by Crippen LogP contribution is -2.31. The van der Waals surface area contributed by atoms with E-state index in [2.05, 4.69) is 61.0 Å². The van der Waals surface area contributed by atoms with Gasteiger partial charge in [-0.1, -0.05) is 0 Å². The Morgan fingerprint density at radius 3 is 1.32 bits per heavy atom. The molecule has 2 aromatic heterocycles. The number of halogens is 2. The number of azo groups is 2. The van der Waals surface area contributed by atoms with Crippen LogP contribution in [0.5, 0.6) is 5.75 Å². The molecular formula is C37H39Cl2N15O16S4. The fourth-order valence-corrected chi connectivity index (χ4v) is 9.64. The van der Waals surface area contributed by atoms with E-state index in [1.165, 1.54) is 9.80 Å². The van der Waals surface area contributed by atoms with Crippen molar-refractivity contribution in [2.24, 2.45) is 20.5 Å². The van der Waals surface area contributed by atoms with Crippen molar-refractivity contribution in [2.45, 2.75) is 19.6 Å². The van der Waals surface area contributed by atoms with E-state index >= 15 is 0 Å². The first-order chi connectivity index (χ1) is 34.7. The average Bonchev–Trinajstić information content (AvgIpc) is 3.29. The number of phenols is 1. The fourth-order valence-electron chi connectivity index (χ4n) is 6.62. The van der Waals surface area contributed by atoms with Crippen molar-refractivity contribution in [3.05, 3.63) is 59.1 Å². The number of aromatic hydroxyl groups is 1. The van der Waals surface area contributed by atoms with Crippen LogP contribution in [0.15, 0.2) is 88.6 Å². The highest BCUT2D eigenvalue weighted by atomic mass is 35.5. The summed E-state index contributed by atoms with van der Waals surface area (Å²) in [7, 11) is -20.3. The van der Waals surface area contributed by atoms with Gasteiger partial charge in [0.15, 0.2) is 15.6 Å². The predicted octanol–water partition coefficient (Wildman–Crippen LogP) is 2.85. The number of nitrogens with two attached hydrogens (primary N) is 1. The minimum atomic E-state index is -5.47. The zero-order valence-corrected chi connectivity index (χ0v) is 42.2. The van der Waals surface area contributed by atoms with Gasteiger partial charge in [-0.2, -0.15) is 55.2 Å². The summed E-state index contributed by atoms with van der Waals surface area (Å²) < 4.78 is 133. The van der Waals surface area contributed by atoms with Crippen LogP contribution in [0.4, 0.5) is 63.6 Å². The van der Waals surface area contributed by atoms with Crippen molar-refractivity contribution < 1.29 is 72.9 Å². The molecule has 74 heavy (non-hydrogen) atoms. The number of phenolic OH excluding ortho intramolecular Hbond substituents is 1. The van der Waals surface area contributed by atoms with E-state index in [1.54, 1.807) is 0 Å². The lowest BCUT2D eigenvalue weighted by atomic mass is 10.1. The smallest absolute Gasteiger partial charge is 0.296 e. The largest absolute Gasteiger partial charge is 0.505 e. The SMILES string of the molecule is CS(=O)(=O)c1cc2cc(S(=O)(=O)O)c(N=Nc3cc(Nc4nc(Cl)nc(N(CCO)CCO)n4)ccc3S(=O)(=O)O)c(O)c2c(N)c1N=Nc1cc(Nc2nc(Cl)nc(N(CCO)CCO)n2)ccc1S(=O)(=O)O. The number of aromatic nitrogens is 6. The number of fused-ring (bicyclic) bond motifs is 1. The molecule has 0 spiro atoms. The van der Waals surface area contributed by atoms with Crippen LogP contribution in [0.25, 0.3) is 10.8 Å². The third kappa shape index (κ3) is 13.5. The van der Waals surface area contributed by atoms with E-state index in [4.69, 9.17) is 28.9 Å². The fraction of sp³-hybridized carbons (Fsp3) is 0.243. The van der Waals surface area contributed by atoms with Gasteiger partial charge in [-0.05, 0) is 77.1 Å². The molecule has 6 aromatic rings. The number of hydrogen-bond acceptors (Lipinski definition) is 28. The van der Waals surface area contributed by atoms with E-state index in [0.717, 1.165) is 42.5 Å². The van der Waals surface area contributed by atoms with Gasteiger partial charge in [0.1, 0.15) is 37.4 Å². The standard InChI is InChI=1S/C37H39Cl2N15O16S4/c1-71(60,61)25-14-18-15-26(74(68,69)70)30(52-50-22-17-20(3-5-24(22)73(65,66)67)42-35-44-33(39)46-37(48-35)54(8-12-57)9-13-58)31(59)27(18)28(40)29(25)51-49-21-16-19(2-4-23(21)72(62,63)64)41-34-43-32(38)45-36(47-34)53(6-10-55)7-11-56/h2-5,14-17,55-59H,6-13,40H2,1H3,(H,62,63,64)(H,65,66,67)(H,68,69,70)(H,41,43,45,47)(H,42,44,46,48). The van der Waals surface area contributed by atoms with Gasteiger partial charge in [-0.15, -0.1) is 20.5 Å². The summed E-state index contributed by atoms with van der Waals surface area (Å²) in [5.41, 5.74) is 2.07. The first-order valence-electron chi connectivity index (χ1n) is 20.3. The van der Waals surface area contributed by atoms with Crippen LogP contribution >= 0.6 is 23.2 Å². The highest BCUT2D eigenvalue weighted by Gasteiger charge is 2.29. The topological polar surface area (TPSA) is 482 Å². The van der Waals surface area contributed by atoms with Gasteiger partial charge in [0.25, 0.3) is 30.4 Å². The second-order valence-corrected chi connectivity index (χ2v) is 21.7. The molecule has 0 saturated carbocycles. The van der Waals surface area contributed by atoms with Crippen molar-refractivity contribution in [1.82, 2.24) is 29.9 Å². The first-order valence-corrected chi connectivity index (χ1v) is 27.3. The van der Waals surface area contributed by atoms with Crippen LogP contribution in [0.1, 0.15) is 0 Å². The lowest BCUT2D eigenvalue weighted by molar-refractivity contribution is 0.279. The summed E-state index contributed by atoms with van der Waals surface area (Å²) in [6.07, 6.45) is 0.663. The molecule has 0 aliphatic heterocycles. The van der Waals surface area contributed by atoms with E-state index in [0.29, 0.717) is 12.3 Å².